The van der Waals surface area contributed by atoms with E-state index in [2.05, 4.69) is 29.0 Å². The van der Waals surface area contributed by atoms with E-state index in [1.165, 1.54) is 0 Å². The summed E-state index contributed by atoms with van der Waals surface area (Å²) < 4.78 is 0. The SMILES string of the molecule is CC1(C)CN(CC(=O)NCc2cccnc2)CCC1N. The zero-order valence-corrected chi connectivity index (χ0v) is 12.3. The summed E-state index contributed by atoms with van der Waals surface area (Å²) in [5, 5.41) is 2.93. The number of hydrogen-bond donors (Lipinski definition) is 2. The van der Waals surface area contributed by atoms with Gasteiger partial charge < -0.3 is 11.1 Å². The minimum absolute atomic E-state index is 0.0557. The maximum atomic E-state index is 12.0. The van der Waals surface area contributed by atoms with Crippen molar-refractivity contribution in [1.29, 1.82) is 0 Å². The highest BCUT2D eigenvalue weighted by Crippen LogP contribution is 2.27. The monoisotopic (exact) mass is 276 g/mol. The molecule has 5 heteroatoms. The zero-order chi connectivity index (χ0) is 14.6. The van der Waals surface area contributed by atoms with Crippen LogP contribution in [-0.4, -0.2) is 41.5 Å². The van der Waals surface area contributed by atoms with E-state index in [-0.39, 0.29) is 17.4 Å². The molecule has 0 saturated carbocycles. The fraction of sp³-hybridized carbons (Fsp3) is 0.600. The highest BCUT2D eigenvalue weighted by Gasteiger charge is 2.33. The molecular weight excluding hydrogens is 252 g/mol. The van der Waals surface area contributed by atoms with Crippen molar-refractivity contribution < 1.29 is 4.79 Å². The number of piperidine rings is 1. The van der Waals surface area contributed by atoms with Gasteiger partial charge in [-0.1, -0.05) is 19.9 Å². The number of nitrogens with two attached hydrogens (primary N) is 1. The molecule has 3 N–H and O–H groups in total. The molecule has 5 nitrogen and oxygen atoms in total. The Balaban J connectivity index is 1.77. The normalized spacial score (nSPS) is 22.4. The Morgan fingerprint density at radius 1 is 1.60 bits per heavy atom. The van der Waals surface area contributed by atoms with E-state index in [4.69, 9.17) is 5.73 Å². The fourth-order valence-corrected chi connectivity index (χ4v) is 2.58. The Hall–Kier alpha value is -1.46. The van der Waals surface area contributed by atoms with Gasteiger partial charge in [-0.3, -0.25) is 14.7 Å². The summed E-state index contributed by atoms with van der Waals surface area (Å²) in [5.41, 5.74) is 7.19. The number of nitrogens with one attached hydrogen (secondary N) is 1. The van der Waals surface area contributed by atoms with Crippen LogP contribution < -0.4 is 11.1 Å². The summed E-state index contributed by atoms with van der Waals surface area (Å²) in [4.78, 5) is 18.2. The molecule has 0 spiro atoms. The van der Waals surface area contributed by atoms with Crippen LogP contribution in [0.25, 0.3) is 0 Å². The lowest BCUT2D eigenvalue weighted by molar-refractivity contribution is -0.123. The predicted molar refractivity (Wildman–Crippen MR) is 78.9 cm³/mol. The summed E-state index contributed by atoms with van der Waals surface area (Å²) in [6, 6.07) is 4.05. The quantitative estimate of drug-likeness (QED) is 0.851. The maximum absolute atomic E-state index is 12.0. The molecule has 0 bridgehead atoms. The molecule has 1 aromatic rings. The Labute approximate surface area is 120 Å². The predicted octanol–water partition coefficient (Wildman–Crippen LogP) is 0.757. The molecular formula is C15H24N4O. The number of amides is 1. The van der Waals surface area contributed by atoms with Crippen LogP contribution in [0.3, 0.4) is 0 Å². The third kappa shape index (κ3) is 4.02. The number of likely N-dealkylation sites (tertiary alicyclic amines) is 1. The molecule has 2 heterocycles. The highest BCUT2D eigenvalue weighted by molar-refractivity contribution is 5.78. The van der Waals surface area contributed by atoms with Crippen molar-refractivity contribution in [1.82, 2.24) is 15.2 Å². The van der Waals surface area contributed by atoms with Crippen LogP contribution in [0.2, 0.25) is 0 Å². The second kappa shape index (κ2) is 6.33. The van der Waals surface area contributed by atoms with Crippen molar-refractivity contribution >= 4 is 5.91 Å². The first kappa shape index (κ1) is 14.9. The lowest BCUT2D eigenvalue weighted by Crippen LogP contribution is -2.54. The van der Waals surface area contributed by atoms with Gasteiger partial charge >= 0.3 is 0 Å². The summed E-state index contributed by atoms with van der Waals surface area (Å²) >= 11 is 0. The van der Waals surface area contributed by atoms with Crippen LogP contribution in [0.1, 0.15) is 25.8 Å². The minimum Gasteiger partial charge on any atom is -0.351 e. The number of hydrogen-bond acceptors (Lipinski definition) is 4. The number of rotatable bonds is 4. The van der Waals surface area contributed by atoms with Crippen molar-refractivity contribution in [2.24, 2.45) is 11.1 Å². The Kier molecular flexibility index (Phi) is 4.73. The first-order valence-corrected chi connectivity index (χ1v) is 7.11. The van der Waals surface area contributed by atoms with Crippen LogP contribution in [0, 0.1) is 5.41 Å². The molecule has 1 unspecified atom stereocenters. The van der Waals surface area contributed by atoms with Crippen molar-refractivity contribution in [3.63, 3.8) is 0 Å². The van der Waals surface area contributed by atoms with Gasteiger partial charge in [-0.15, -0.1) is 0 Å². The largest absolute Gasteiger partial charge is 0.351 e. The average molecular weight is 276 g/mol. The average Bonchev–Trinajstić information content (AvgIpc) is 2.41. The molecule has 1 aliphatic heterocycles. The smallest absolute Gasteiger partial charge is 0.234 e. The van der Waals surface area contributed by atoms with E-state index < -0.39 is 0 Å². The molecule has 2 rings (SSSR count). The van der Waals surface area contributed by atoms with Gasteiger partial charge in [-0.05, 0) is 23.5 Å². The topological polar surface area (TPSA) is 71.2 Å². The number of aromatic nitrogens is 1. The molecule has 1 saturated heterocycles. The number of carbonyl (C=O) groups is 1. The third-order valence-electron chi connectivity index (χ3n) is 3.97. The summed E-state index contributed by atoms with van der Waals surface area (Å²) in [6.45, 7) is 7.06. The first-order chi connectivity index (χ1) is 9.47. The van der Waals surface area contributed by atoms with Gasteiger partial charge in [-0.25, -0.2) is 0 Å². The molecule has 1 amide bonds. The summed E-state index contributed by atoms with van der Waals surface area (Å²) in [7, 11) is 0. The number of carbonyl (C=O) groups excluding carboxylic acids is 1. The van der Waals surface area contributed by atoms with Gasteiger partial charge in [0.25, 0.3) is 0 Å². The van der Waals surface area contributed by atoms with E-state index in [0.29, 0.717) is 13.1 Å². The zero-order valence-electron chi connectivity index (χ0n) is 12.3. The summed E-state index contributed by atoms with van der Waals surface area (Å²) in [5.74, 6) is 0.0557. The lowest BCUT2D eigenvalue weighted by Gasteiger charge is -2.42. The lowest BCUT2D eigenvalue weighted by atomic mass is 9.80. The second-order valence-electron chi connectivity index (χ2n) is 6.23. The number of nitrogens with zero attached hydrogens (tertiary/aromatic N) is 2. The molecule has 0 radical (unpaired) electrons. The van der Waals surface area contributed by atoms with Gasteiger partial charge in [0.05, 0.1) is 6.54 Å². The second-order valence-corrected chi connectivity index (χ2v) is 6.23. The Bertz CT molecular complexity index is 446. The van der Waals surface area contributed by atoms with E-state index in [0.717, 1.165) is 25.1 Å². The van der Waals surface area contributed by atoms with Crippen LogP contribution in [0.4, 0.5) is 0 Å². The van der Waals surface area contributed by atoms with Crippen LogP contribution in [0.15, 0.2) is 24.5 Å². The van der Waals surface area contributed by atoms with Crippen molar-refractivity contribution in [3.8, 4) is 0 Å². The highest BCUT2D eigenvalue weighted by atomic mass is 16.2. The van der Waals surface area contributed by atoms with Gasteiger partial charge in [0.15, 0.2) is 0 Å². The van der Waals surface area contributed by atoms with Gasteiger partial charge in [0, 0.05) is 38.1 Å². The molecule has 1 aliphatic rings. The van der Waals surface area contributed by atoms with E-state index in [1.807, 2.05) is 12.1 Å². The molecule has 110 valence electrons. The third-order valence-corrected chi connectivity index (χ3v) is 3.97. The van der Waals surface area contributed by atoms with Gasteiger partial charge in [0.1, 0.15) is 0 Å². The van der Waals surface area contributed by atoms with Crippen LogP contribution in [0.5, 0.6) is 0 Å². The standard InChI is InChI=1S/C15H24N4O/c1-15(2)11-19(7-5-13(15)16)10-14(20)18-9-12-4-3-6-17-8-12/h3-4,6,8,13H,5,7,9-11,16H2,1-2H3,(H,18,20). The van der Waals surface area contributed by atoms with Crippen molar-refractivity contribution in [2.45, 2.75) is 32.9 Å². The van der Waals surface area contributed by atoms with Gasteiger partial charge in [0.2, 0.25) is 5.91 Å². The summed E-state index contributed by atoms with van der Waals surface area (Å²) in [6.07, 6.45) is 4.44. The first-order valence-electron chi connectivity index (χ1n) is 7.11. The maximum Gasteiger partial charge on any atom is 0.234 e. The van der Waals surface area contributed by atoms with Gasteiger partial charge in [-0.2, -0.15) is 0 Å². The molecule has 1 fully saturated rings. The molecule has 0 aromatic carbocycles. The van der Waals surface area contributed by atoms with Crippen LogP contribution >= 0.6 is 0 Å². The van der Waals surface area contributed by atoms with Crippen LogP contribution in [-0.2, 0) is 11.3 Å². The van der Waals surface area contributed by atoms with E-state index in [1.54, 1.807) is 12.4 Å². The minimum atomic E-state index is 0.0557. The van der Waals surface area contributed by atoms with E-state index in [9.17, 15) is 4.79 Å². The Morgan fingerprint density at radius 3 is 3.05 bits per heavy atom. The molecule has 1 atom stereocenters. The molecule has 20 heavy (non-hydrogen) atoms. The van der Waals surface area contributed by atoms with Crippen molar-refractivity contribution in [3.05, 3.63) is 30.1 Å². The number of pyridine rings is 1. The molecule has 0 aliphatic carbocycles. The Morgan fingerprint density at radius 2 is 2.40 bits per heavy atom. The fourth-order valence-electron chi connectivity index (χ4n) is 2.58. The van der Waals surface area contributed by atoms with E-state index >= 15 is 0 Å². The van der Waals surface area contributed by atoms with Crippen molar-refractivity contribution in [2.75, 3.05) is 19.6 Å². The molecule has 1 aromatic heterocycles.